The summed E-state index contributed by atoms with van der Waals surface area (Å²) in [6, 6.07) is 19.6. The normalized spacial score (nSPS) is 15.2. The van der Waals surface area contributed by atoms with E-state index in [0.29, 0.717) is 21.0 Å². The Morgan fingerprint density at radius 2 is 1.78 bits per heavy atom. The van der Waals surface area contributed by atoms with Gasteiger partial charge in [-0.2, -0.15) is 0 Å². The molecule has 1 aliphatic heterocycles. The zero-order valence-corrected chi connectivity index (χ0v) is 18.1. The van der Waals surface area contributed by atoms with Gasteiger partial charge >= 0.3 is 0 Å². The molecule has 0 unspecified atom stereocenters. The van der Waals surface area contributed by atoms with E-state index < -0.39 is 16.9 Å². The molecule has 1 atom stereocenters. The van der Waals surface area contributed by atoms with Gasteiger partial charge in [0.1, 0.15) is 5.58 Å². The summed E-state index contributed by atoms with van der Waals surface area (Å²) >= 11 is 3.37. The number of amides is 1. The van der Waals surface area contributed by atoms with Crippen molar-refractivity contribution in [2.24, 2.45) is 0 Å². The minimum absolute atomic E-state index is 0.0303. The number of hydrogen-bond donors (Lipinski definition) is 0. The number of nitro groups is 1. The second-order valence-corrected chi connectivity index (χ2v) is 8.40. The monoisotopic (exact) mass is 490 g/mol. The number of carbonyl (C=O) groups excluding carboxylic acids is 1. The van der Waals surface area contributed by atoms with E-state index in [9.17, 15) is 19.7 Å². The molecule has 0 fully saturated rings. The van der Waals surface area contributed by atoms with Gasteiger partial charge in [-0.25, -0.2) is 0 Å². The van der Waals surface area contributed by atoms with Crippen molar-refractivity contribution in [1.82, 2.24) is 4.90 Å². The lowest BCUT2D eigenvalue weighted by molar-refractivity contribution is -0.384. The lowest BCUT2D eigenvalue weighted by Crippen LogP contribution is -2.29. The fraction of sp³-hybridized carbons (Fsp3) is 0.0833. The number of carbonyl (C=O) groups is 1. The molecule has 1 aliphatic rings. The van der Waals surface area contributed by atoms with Crippen molar-refractivity contribution >= 4 is 38.5 Å². The van der Waals surface area contributed by atoms with Crippen LogP contribution < -0.4 is 5.43 Å². The van der Waals surface area contributed by atoms with Gasteiger partial charge in [0.15, 0.2) is 5.43 Å². The molecule has 2 heterocycles. The van der Waals surface area contributed by atoms with Gasteiger partial charge in [0.05, 0.1) is 21.9 Å². The van der Waals surface area contributed by atoms with Gasteiger partial charge < -0.3 is 9.32 Å². The Morgan fingerprint density at radius 1 is 1.00 bits per heavy atom. The molecule has 0 bridgehead atoms. The van der Waals surface area contributed by atoms with E-state index >= 15 is 0 Å². The lowest BCUT2D eigenvalue weighted by Gasteiger charge is -2.25. The van der Waals surface area contributed by atoms with Crippen LogP contribution in [0.1, 0.15) is 33.3 Å². The van der Waals surface area contributed by atoms with Gasteiger partial charge in [-0.15, -0.1) is 0 Å². The maximum Gasteiger partial charge on any atom is 0.291 e. The highest BCUT2D eigenvalue weighted by molar-refractivity contribution is 9.10. The standard InChI is InChI=1S/C24H15BrN2O5/c25-16-9-10-19-18(12-16)22(28)20-21(15-7-4-8-17(11-15)27(30)31)26(24(29)23(20)32-19)13-14-5-2-1-3-6-14/h1-12,21H,13H2/t21-/m0/s1. The molecular weight excluding hydrogens is 476 g/mol. The molecule has 4 aromatic rings. The summed E-state index contributed by atoms with van der Waals surface area (Å²) < 4.78 is 6.61. The third-order valence-corrected chi connectivity index (χ3v) is 6.01. The van der Waals surface area contributed by atoms with Crippen molar-refractivity contribution in [2.75, 3.05) is 0 Å². The van der Waals surface area contributed by atoms with E-state index in [2.05, 4.69) is 15.9 Å². The molecule has 1 amide bonds. The third kappa shape index (κ3) is 3.29. The first-order chi connectivity index (χ1) is 15.4. The van der Waals surface area contributed by atoms with Crippen molar-refractivity contribution in [1.29, 1.82) is 0 Å². The molecule has 0 spiro atoms. The largest absolute Gasteiger partial charge is 0.450 e. The molecule has 0 N–H and O–H groups in total. The van der Waals surface area contributed by atoms with Crippen LogP contribution in [0.25, 0.3) is 11.0 Å². The van der Waals surface area contributed by atoms with Crippen molar-refractivity contribution < 1.29 is 14.1 Å². The van der Waals surface area contributed by atoms with Crippen molar-refractivity contribution in [3.8, 4) is 0 Å². The summed E-state index contributed by atoms with van der Waals surface area (Å²) in [5.41, 5.74) is 1.40. The number of halogens is 1. The Labute approximate surface area is 190 Å². The molecule has 32 heavy (non-hydrogen) atoms. The lowest BCUT2D eigenvalue weighted by atomic mass is 9.98. The van der Waals surface area contributed by atoms with Crippen LogP contribution >= 0.6 is 15.9 Å². The molecule has 158 valence electrons. The van der Waals surface area contributed by atoms with Gasteiger partial charge in [-0.3, -0.25) is 19.7 Å². The van der Waals surface area contributed by atoms with Crippen LogP contribution in [0.5, 0.6) is 0 Å². The molecule has 5 rings (SSSR count). The summed E-state index contributed by atoms with van der Waals surface area (Å²) in [6.45, 7) is 0.219. The third-order valence-electron chi connectivity index (χ3n) is 5.52. The molecule has 0 saturated heterocycles. The summed E-state index contributed by atoms with van der Waals surface area (Å²) in [7, 11) is 0. The minimum Gasteiger partial charge on any atom is -0.450 e. The van der Waals surface area contributed by atoms with Crippen LogP contribution in [0.4, 0.5) is 5.69 Å². The van der Waals surface area contributed by atoms with E-state index in [0.717, 1.165) is 5.56 Å². The number of nitrogens with zero attached hydrogens (tertiary/aromatic N) is 2. The van der Waals surface area contributed by atoms with Gasteiger partial charge in [-0.1, -0.05) is 58.4 Å². The Balaban J connectivity index is 1.75. The van der Waals surface area contributed by atoms with E-state index in [1.807, 2.05) is 30.3 Å². The fourth-order valence-corrected chi connectivity index (χ4v) is 4.45. The zero-order valence-electron chi connectivity index (χ0n) is 16.5. The van der Waals surface area contributed by atoms with E-state index in [-0.39, 0.29) is 29.0 Å². The van der Waals surface area contributed by atoms with E-state index in [1.54, 1.807) is 30.3 Å². The van der Waals surface area contributed by atoms with Gasteiger partial charge in [0, 0.05) is 23.2 Å². The predicted molar refractivity (Wildman–Crippen MR) is 121 cm³/mol. The smallest absolute Gasteiger partial charge is 0.291 e. The summed E-state index contributed by atoms with van der Waals surface area (Å²) in [6.07, 6.45) is 0. The first-order valence-electron chi connectivity index (χ1n) is 9.79. The first-order valence-corrected chi connectivity index (χ1v) is 10.6. The van der Waals surface area contributed by atoms with Crippen LogP contribution in [0.3, 0.4) is 0 Å². The molecule has 3 aromatic carbocycles. The zero-order chi connectivity index (χ0) is 22.4. The Morgan fingerprint density at radius 3 is 2.53 bits per heavy atom. The molecular formula is C24H15BrN2O5. The van der Waals surface area contributed by atoms with Crippen LogP contribution in [-0.2, 0) is 6.54 Å². The van der Waals surface area contributed by atoms with Gasteiger partial charge in [0.25, 0.3) is 11.6 Å². The Hall–Kier alpha value is -3.78. The van der Waals surface area contributed by atoms with Gasteiger partial charge in [-0.05, 0) is 29.3 Å². The molecule has 0 radical (unpaired) electrons. The number of benzene rings is 3. The number of hydrogen-bond acceptors (Lipinski definition) is 5. The summed E-state index contributed by atoms with van der Waals surface area (Å²) in [5, 5.41) is 11.7. The molecule has 8 heteroatoms. The average molecular weight is 491 g/mol. The van der Waals surface area contributed by atoms with E-state index in [1.165, 1.54) is 17.0 Å². The van der Waals surface area contributed by atoms with Gasteiger partial charge in [0.2, 0.25) is 5.76 Å². The van der Waals surface area contributed by atoms with Crippen LogP contribution in [0.2, 0.25) is 0 Å². The predicted octanol–water partition coefficient (Wildman–Crippen LogP) is 5.21. The summed E-state index contributed by atoms with van der Waals surface area (Å²) in [4.78, 5) is 39.3. The number of rotatable bonds is 4. The minimum atomic E-state index is -0.808. The molecule has 0 saturated carbocycles. The van der Waals surface area contributed by atoms with Crippen molar-refractivity contribution in [3.05, 3.63) is 120 Å². The quantitative estimate of drug-likeness (QED) is 0.289. The van der Waals surface area contributed by atoms with Crippen molar-refractivity contribution in [2.45, 2.75) is 12.6 Å². The van der Waals surface area contributed by atoms with Crippen molar-refractivity contribution in [3.63, 3.8) is 0 Å². The second kappa shape index (κ2) is 7.72. The SMILES string of the molecule is O=C1c2oc3ccc(Br)cc3c(=O)c2[C@H](c2cccc([N+](=O)[O-])c2)N1Cc1ccccc1. The Kier molecular flexibility index (Phi) is 4.86. The number of non-ortho nitro benzene ring substituents is 1. The number of fused-ring (bicyclic) bond motifs is 2. The molecule has 1 aromatic heterocycles. The van der Waals surface area contributed by atoms with E-state index in [4.69, 9.17) is 4.42 Å². The highest BCUT2D eigenvalue weighted by Gasteiger charge is 2.43. The molecule has 0 aliphatic carbocycles. The van der Waals surface area contributed by atoms with Crippen LogP contribution in [0.15, 0.2) is 86.5 Å². The number of nitro benzene ring substituents is 1. The Bertz CT molecular complexity index is 1450. The average Bonchev–Trinajstić information content (AvgIpc) is 3.07. The maximum atomic E-state index is 13.5. The first kappa shape index (κ1) is 20.1. The topological polar surface area (TPSA) is 93.7 Å². The molecule has 7 nitrogen and oxygen atoms in total. The maximum absolute atomic E-state index is 13.5. The highest BCUT2D eigenvalue weighted by Crippen LogP contribution is 2.40. The second-order valence-electron chi connectivity index (χ2n) is 7.49. The van der Waals surface area contributed by atoms with Crippen LogP contribution in [0, 0.1) is 10.1 Å². The van der Waals surface area contributed by atoms with Crippen LogP contribution in [-0.4, -0.2) is 15.7 Å². The highest BCUT2D eigenvalue weighted by atomic mass is 79.9. The summed E-state index contributed by atoms with van der Waals surface area (Å²) in [5.74, 6) is -0.459. The fourth-order valence-electron chi connectivity index (χ4n) is 4.09.